The number of pyridine rings is 1. The molecule has 170 valence electrons. The van der Waals surface area contributed by atoms with E-state index in [0.29, 0.717) is 0 Å². The van der Waals surface area contributed by atoms with Gasteiger partial charge >= 0.3 is 0 Å². The van der Waals surface area contributed by atoms with Gasteiger partial charge in [-0.1, -0.05) is 60.7 Å². The third-order valence-corrected chi connectivity index (χ3v) is 6.88. The molecule has 3 heterocycles. The van der Waals surface area contributed by atoms with Crippen molar-refractivity contribution in [2.75, 3.05) is 5.32 Å². The Morgan fingerprint density at radius 2 is 1.49 bits per heavy atom. The minimum Gasteiger partial charge on any atom is -0.340 e. The van der Waals surface area contributed by atoms with E-state index in [4.69, 9.17) is 15.1 Å². The highest BCUT2D eigenvalue weighted by molar-refractivity contribution is 7.13. The summed E-state index contributed by atoms with van der Waals surface area (Å²) in [5.74, 6) is 0.792. The molecule has 0 fully saturated rings. The van der Waals surface area contributed by atoms with Gasteiger partial charge in [0.25, 0.3) is 0 Å². The lowest BCUT2D eigenvalue weighted by atomic mass is 10.1. The van der Waals surface area contributed by atoms with E-state index in [-0.39, 0.29) is 0 Å². The summed E-state index contributed by atoms with van der Waals surface area (Å²) >= 11 is 1.66. The van der Waals surface area contributed by atoms with E-state index in [0.717, 1.165) is 61.3 Å². The first-order chi connectivity index (χ1) is 17.2. The van der Waals surface area contributed by atoms with E-state index < -0.39 is 0 Å². The number of aryl methyl sites for hydroxylation is 2. The van der Waals surface area contributed by atoms with Crippen molar-refractivity contribution < 1.29 is 0 Å². The standard InChI is InChI=1S/C29H23N5S/c1-19-17-26(32-28-27(19)20(2)33-34(28)24-11-7-4-8-12-24)30-23-15-13-21(14-16-23)25-18-35-29(31-25)22-9-5-3-6-10-22/h3-18H,1-2H3,(H,30,32). The summed E-state index contributed by atoms with van der Waals surface area (Å²) in [5.41, 5.74) is 8.16. The maximum atomic E-state index is 4.92. The first-order valence-electron chi connectivity index (χ1n) is 11.5. The predicted octanol–water partition coefficient (Wildman–Crippen LogP) is 7.57. The number of hydrogen-bond acceptors (Lipinski definition) is 5. The highest BCUT2D eigenvalue weighted by Gasteiger charge is 2.14. The average Bonchev–Trinajstić information content (AvgIpc) is 3.51. The fourth-order valence-electron chi connectivity index (χ4n) is 4.31. The molecule has 0 amide bonds. The van der Waals surface area contributed by atoms with Crippen molar-refractivity contribution in [1.82, 2.24) is 19.7 Å². The zero-order valence-corrected chi connectivity index (χ0v) is 20.3. The predicted molar refractivity (Wildman–Crippen MR) is 145 cm³/mol. The molecule has 6 heteroatoms. The summed E-state index contributed by atoms with van der Waals surface area (Å²) in [4.78, 5) is 9.75. The second kappa shape index (κ2) is 8.81. The molecule has 0 aliphatic rings. The van der Waals surface area contributed by atoms with Crippen LogP contribution in [0.25, 0.3) is 38.5 Å². The maximum absolute atomic E-state index is 4.92. The quantitative estimate of drug-likeness (QED) is 0.280. The number of aromatic nitrogens is 4. The van der Waals surface area contributed by atoms with Gasteiger partial charge in [0, 0.05) is 27.6 Å². The summed E-state index contributed by atoms with van der Waals surface area (Å²) in [6, 6.07) is 30.8. The van der Waals surface area contributed by atoms with Gasteiger partial charge in [-0.05, 0) is 49.7 Å². The van der Waals surface area contributed by atoms with Crippen molar-refractivity contribution in [1.29, 1.82) is 0 Å². The van der Waals surface area contributed by atoms with Crippen LogP contribution in [0.4, 0.5) is 11.5 Å². The molecule has 5 nitrogen and oxygen atoms in total. The van der Waals surface area contributed by atoms with E-state index in [1.54, 1.807) is 11.3 Å². The zero-order chi connectivity index (χ0) is 23.8. The topological polar surface area (TPSA) is 55.6 Å². The Balaban J connectivity index is 1.28. The lowest BCUT2D eigenvalue weighted by Crippen LogP contribution is -2.00. The summed E-state index contributed by atoms with van der Waals surface area (Å²) in [5, 5.41) is 12.4. The van der Waals surface area contributed by atoms with E-state index in [2.05, 4.69) is 60.1 Å². The van der Waals surface area contributed by atoms with Crippen molar-refractivity contribution in [3.63, 3.8) is 0 Å². The molecule has 0 atom stereocenters. The van der Waals surface area contributed by atoms with Gasteiger partial charge in [0.05, 0.1) is 17.1 Å². The number of nitrogens with zero attached hydrogens (tertiary/aromatic N) is 4. The number of para-hydroxylation sites is 1. The minimum atomic E-state index is 0.792. The Kier molecular flexibility index (Phi) is 5.35. The minimum absolute atomic E-state index is 0.792. The van der Waals surface area contributed by atoms with Gasteiger partial charge in [-0.3, -0.25) is 0 Å². The molecule has 35 heavy (non-hydrogen) atoms. The average molecular weight is 474 g/mol. The number of fused-ring (bicyclic) bond motifs is 1. The lowest BCUT2D eigenvalue weighted by molar-refractivity contribution is 0.878. The summed E-state index contributed by atoms with van der Waals surface area (Å²) < 4.78 is 1.92. The van der Waals surface area contributed by atoms with E-state index in [1.165, 1.54) is 0 Å². The monoisotopic (exact) mass is 473 g/mol. The van der Waals surface area contributed by atoms with Crippen molar-refractivity contribution in [3.8, 4) is 27.5 Å². The third-order valence-electron chi connectivity index (χ3n) is 5.99. The van der Waals surface area contributed by atoms with E-state index >= 15 is 0 Å². The Morgan fingerprint density at radius 1 is 0.771 bits per heavy atom. The van der Waals surface area contributed by atoms with Gasteiger partial charge in [-0.2, -0.15) is 5.10 Å². The first kappa shape index (κ1) is 21.3. The summed E-state index contributed by atoms with van der Waals surface area (Å²) in [7, 11) is 0. The highest BCUT2D eigenvalue weighted by Crippen LogP contribution is 2.31. The molecule has 0 bridgehead atoms. The first-order valence-corrected chi connectivity index (χ1v) is 12.3. The third kappa shape index (κ3) is 4.09. The van der Waals surface area contributed by atoms with E-state index in [1.807, 2.05) is 60.1 Å². The van der Waals surface area contributed by atoms with Crippen LogP contribution in [0.3, 0.4) is 0 Å². The molecule has 0 saturated heterocycles. The van der Waals surface area contributed by atoms with Crippen LogP contribution in [-0.4, -0.2) is 19.7 Å². The Morgan fingerprint density at radius 3 is 2.23 bits per heavy atom. The largest absolute Gasteiger partial charge is 0.340 e. The number of benzene rings is 3. The molecule has 1 N–H and O–H groups in total. The second-order valence-electron chi connectivity index (χ2n) is 8.46. The molecule has 3 aromatic carbocycles. The van der Waals surface area contributed by atoms with Crippen molar-refractivity contribution in [2.45, 2.75) is 13.8 Å². The molecule has 6 aromatic rings. The molecule has 0 radical (unpaired) electrons. The van der Waals surface area contributed by atoms with Crippen molar-refractivity contribution >= 4 is 33.9 Å². The molecule has 6 rings (SSSR count). The zero-order valence-electron chi connectivity index (χ0n) is 19.4. The molecule has 0 aliphatic heterocycles. The van der Waals surface area contributed by atoms with Crippen molar-refractivity contribution in [2.24, 2.45) is 0 Å². The van der Waals surface area contributed by atoms with E-state index in [9.17, 15) is 0 Å². The smallest absolute Gasteiger partial charge is 0.165 e. The lowest BCUT2D eigenvalue weighted by Gasteiger charge is -2.09. The fraction of sp³-hybridized carbons (Fsp3) is 0.0690. The number of anilines is 2. The maximum Gasteiger partial charge on any atom is 0.165 e. The van der Waals surface area contributed by atoms with Gasteiger partial charge in [0.15, 0.2) is 5.65 Å². The molecule has 0 saturated carbocycles. The van der Waals surface area contributed by atoms with Crippen LogP contribution in [0.5, 0.6) is 0 Å². The number of hydrogen-bond donors (Lipinski definition) is 1. The number of thiazole rings is 1. The molecule has 0 spiro atoms. The Labute approximate surface area is 207 Å². The second-order valence-corrected chi connectivity index (χ2v) is 9.32. The number of rotatable bonds is 5. The van der Waals surface area contributed by atoms with Crippen LogP contribution in [-0.2, 0) is 0 Å². The molecular formula is C29H23N5S. The van der Waals surface area contributed by atoms with Gasteiger partial charge < -0.3 is 5.32 Å². The van der Waals surface area contributed by atoms with Crippen LogP contribution in [0.15, 0.2) is 96.4 Å². The fourth-order valence-corrected chi connectivity index (χ4v) is 5.14. The van der Waals surface area contributed by atoms with Gasteiger partial charge in [0.2, 0.25) is 0 Å². The Hall–Kier alpha value is -4.29. The van der Waals surface area contributed by atoms with Gasteiger partial charge in [0.1, 0.15) is 10.8 Å². The van der Waals surface area contributed by atoms with Crippen LogP contribution < -0.4 is 5.32 Å². The normalized spacial score (nSPS) is 11.1. The van der Waals surface area contributed by atoms with Gasteiger partial charge in [-0.15, -0.1) is 11.3 Å². The summed E-state index contributed by atoms with van der Waals surface area (Å²) in [6.07, 6.45) is 0. The molecule has 0 unspecified atom stereocenters. The van der Waals surface area contributed by atoms with Gasteiger partial charge in [-0.25, -0.2) is 14.6 Å². The molecule has 3 aromatic heterocycles. The molecular weight excluding hydrogens is 450 g/mol. The van der Waals surface area contributed by atoms with Crippen LogP contribution >= 0.6 is 11.3 Å². The Bertz CT molecular complexity index is 1620. The van der Waals surface area contributed by atoms with Crippen molar-refractivity contribution in [3.05, 3.63) is 108 Å². The van der Waals surface area contributed by atoms with Crippen LogP contribution in [0.2, 0.25) is 0 Å². The number of nitrogens with one attached hydrogen (secondary N) is 1. The molecule has 0 aliphatic carbocycles. The van der Waals surface area contributed by atoms with Crippen LogP contribution in [0.1, 0.15) is 11.3 Å². The SMILES string of the molecule is Cc1cc(Nc2ccc(-c3csc(-c4ccccc4)n3)cc2)nc2c1c(C)nn2-c1ccccc1. The summed E-state index contributed by atoms with van der Waals surface area (Å²) in [6.45, 7) is 4.14. The van der Waals surface area contributed by atoms with Crippen LogP contribution in [0, 0.1) is 13.8 Å². The highest BCUT2D eigenvalue weighted by atomic mass is 32.1.